The van der Waals surface area contributed by atoms with E-state index in [0.717, 1.165) is 42.1 Å². The fourth-order valence-electron chi connectivity index (χ4n) is 3.48. The van der Waals surface area contributed by atoms with Crippen LogP contribution in [0, 0.1) is 0 Å². The Balaban J connectivity index is 1.66. The van der Waals surface area contributed by atoms with Crippen molar-refractivity contribution in [1.29, 1.82) is 0 Å². The van der Waals surface area contributed by atoms with Gasteiger partial charge in [0, 0.05) is 23.8 Å². The molecule has 0 bridgehead atoms. The van der Waals surface area contributed by atoms with Crippen molar-refractivity contribution in [3.05, 3.63) is 59.7 Å². The van der Waals surface area contributed by atoms with Gasteiger partial charge in [0.15, 0.2) is 5.76 Å². The lowest BCUT2D eigenvalue weighted by Crippen LogP contribution is -2.38. The molecule has 0 spiro atoms. The van der Waals surface area contributed by atoms with E-state index in [9.17, 15) is 9.59 Å². The molecule has 1 aliphatic rings. The number of hydrogen-bond acceptors (Lipinski definition) is 3. The molecule has 1 aliphatic heterocycles. The largest absolute Gasteiger partial charge is 0.478 e. The molecule has 3 heterocycles. The molecule has 1 unspecified atom stereocenters. The number of amides is 1. The third kappa shape index (κ3) is 2.80. The number of nitrogens with one attached hydrogen (secondary N) is 1. The molecule has 1 atom stereocenters. The van der Waals surface area contributed by atoms with Crippen LogP contribution in [0.5, 0.6) is 0 Å². The highest BCUT2D eigenvalue weighted by molar-refractivity contribution is 5.95. The number of benzene rings is 1. The van der Waals surface area contributed by atoms with E-state index in [1.807, 2.05) is 24.3 Å². The van der Waals surface area contributed by atoms with E-state index in [4.69, 9.17) is 9.52 Å². The second-order valence-corrected chi connectivity index (χ2v) is 6.33. The van der Waals surface area contributed by atoms with Gasteiger partial charge in [-0.25, -0.2) is 4.79 Å². The number of nitrogens with zero attached hydrogens (tertiary/aromatic N) is 1. The number of rotatable bonds is 3. The first-order chi connectivity index (χ1) is 12.1. The fourth-order valence-corrected chi connectivity index (χ4v) is 3.48. The lowest BCUT2D eigenvalue weighted by atomic mass is 9.99. The van der Waals surface area contributed by atoms with Gasteiger partial charge in [0.25, 0.3) is 5.91 Å². The maximum Gasteiger partial charge on any atom is 0.338 e. The number of carbonyl (C=O) groups excluding carboxylic acids is 1. The van der Waals surface area contributed by atoms with Gasteiger partial charge < -0.3 is 19.4 Å². The number of piperidine rings is 1. The maximum atomic E-state index is 12.9. The van der Waals surface area contributed by atoms with Crippen molar-refractivity contribution in [3.8, 4) is 0 Å². The SMILES string of the molecule is O=C(O)c1coc(C(=O)N2CCCCC2c2cc3ccccc3[nH]2)c1. The van der Waals surface area contributed by atoms with Gasteiger partial charge in [-0.15, -0.1) is 0 Å². The normalized spacial score (nSPS) is 17.8. The highest BCUT2D eigenvalue weighted by Gasteiger charge is 2.31. The van der Waals surface area contributed by atoms with Crippen molar-refractivity contribution >= 4 is 22.8 Å². The molecule has 0 aliphatic carbocycles. The molecule has 1 fully saturated rings. The van der Waals surface area contributed by atoms with Gasteiger partial charge in [0.2, 0.25) is 0 Å². The van der Waals surface area contributed by atoms with Gasteiger partial charge in [-0.2, -0.15) is 0 Å². The average Bonchev–Trinajstić information content (AvgIpc) is 3.28. The van der Waals surface area contributed by atoms with E-state index in [1.54, 1.807) is 4.90 Å². The van der Waals surface area contributed by atoms with Crippen LogP contribution in [0.15, 0.2) is 47.1 Å². The van der Waals surface area contributed by atoms with Crippen LogP contribution in [0.2, 0.25) is 0 Å². The van der Waals surface area contributed by atoms with Crippen LogP contribution in [0.3, 0.4) is 0 Å². The Kier molecular flexibility index (Phi) is 3.80. The first-order valence-electron chi connectivity index (χ1n) is 8.34. The van der Waals surface area contributed by atoms with Gasteiger partial charge in [0.05, 0.1) is 11.6 Å². The molecule has 2 aromatic heterocycles. The lowest BCUT2D eigenvalue weighted by molar-refractivity contribution is 0.0574. The molecular weight excluding hydrogens is 320 g/mol. The second-order valence-electron chi connectivity index (χ2n) is 6.33. The molecule has 6 nitrogen and oxygen atoms in total. The Hall–Kier alpha value is -3.02. The zero-order chi connectivity index (χ0) is 17.4. The highest BCUT2D eigenvalue weighted by atomic mass is 16.4. The van der Waals surface area contributed by atoms with Gasteiger partial charge >= 0.3 is 5.97 Å². The standard InChI is InChI=1S/C19H18N2O4/c22-18(17-10-13(11-25-17)19(23)24)21-8-4-3-7-16(21)15-9-12-5-1-2-6-14(12)20-15/h1-2,5-6,9-11,16,20H,3-4,7-8H2,(H,23,24). The first kappa shape index (κ1) is 15.5. The quantitative estimate of drug-likeness (QED) is 0.760. The molecule has 4 rings (SSSR count). The lowest BCUT2D eigenvalue weighted by Gasteiger charge is -2.34. The number of fused-ring (bicyclic) bond motifs is 1. The monoisotopic (exact) mass is 338 g/mol. The third-order valence-electron chi connectivity index (χ3n) is 4.73. The number of hydrogen-bond donors (Lipinski definition) is 2. The van der Waals surface area contributed by atoms with Crippen molar-refractivity contribution in [3.63, 3.8) is 0 Å². The summed E-state index contributed by atoms with van der Waals surface area (Å²) in [5.74, 6) is -1.30. The minimum absolute atomic E-state index is 0.0116. The number of furan rings is 1. The molecule has 3 aromatic rings. The van der Waals surface area contributed by atoms with E-state index in [-0.39, 0.29) is 23.3 Å². The first-order valence-corrected chi connectivity index (χ1v) is 8.34. The molecule has 25 heavy (non-hydrogen) atoms. The van der Waals surface area contributed by atoms with Crippen molar-refractivity contribution < 1.29 is 19.1 Å². The highest BCUT2D eigenvalue weighted by Crippen LogP contribution is 2.33. The number of carbonyl (C=O) groups is 2. The summed E-state index contributed by atoms with van der Waals surface area (Å²) < 4.78 is 5.20. The number of para-hydroxylation sites is 1. The molecule has 6 heteroatoms. The molecule has 0 radical (unpaired) electrons. The Labute approximate surface area is 144 Å². The minimum atomic E-state index is -1.10. The van der Waals surface area contributed by atoms with E-state index < -0.39 is 5.97 Å². The van der Waals surface area contributed by atoms with E-state index >= 15 is 0 Å². The van der Waals surface area contributed by atoms with Gasteiger partial charge in [-0.1, -0.05) is 18.2 Å². The Morgan fingerprint density at radius 3 is 2.80 bits per heavy atom. The topological polar surface area (TPSA) is 86.5 Å². The summed E-state index contributed by atoms with van der Waals surface area (Å²) in [6.07, 6.45) is 3.94. The number of aromatic amines is 1. The van der Waals surface area contributed by atoms with Crippen LogP contribution < -0.4 is 0 Å². The van der Waals surface area contributed by atoms with E-state index in [0.29, 0.717) is 6.54 Å². The third-order valence-corrected chi connectivity index (χ3v) is 4.73. The second kappa shape index (κ2) is 6.12. The Bertz CT molecular complexity index is 907. The fraction of sp³-hybridized carbons (Fsp3) is 0.263. The molecule has 128 valence electrons. The van der Waals surface area contributed by atoms with Crippen molar-refractivity contribution in [2.75, 3.05) is 6.54 Å². The average molecular weight is 338 g/mol. The molecule has 1 amide bonds. The van der Waals surface area contributed by atoms with Crippen LogP contribution in [0.1, 0.15) is 51.9 Å². The maximum absolute atomic E-state index is 12.9. The van der Waals surface area contributed by atoms with Gasteiger partial charge in [-0.05, 0) is 36.8 Å². The van der Waals surface area contributed by atoms with E-state index in [1.165, 1.54) is 6.07 Å². The summed E-state index contributed by atoms with van der Waals surface area (Å²) in [5, 5.41) is 10.1. The molecular formula is C19H18N2O4. The Morgan fingerprint density at radius 2 is 2.04 bits per heavy atom. The number of aromatic nitrogens is 1. The minimum Gasteiger partial charge on any atom is -0.478 e. The zero-order valence-corrected chi connectivity index (χ0v) is 13.6. The smallest absolute Gasteiger partial charge is 0.338 e. The van der Waals surface area contributed by atoms with Crippen LogP contribution in [-0.4, -0.2) is 33.4 Å². The van der Waals surface area contributed by atoms with Crippen molar-refractivity contribution in [2.24, 2.45) is 0 Å². The summed E-state index contributed by atoms with van der Waals surface area (Å²) in [5.41, 5.74) is 2.03. The predicted octanol–water partition coefficient (Wildman–Crippen LogP) is 3.83. The van der Waals surface area contributed by atoms with Crippen LogP contribution in [0.4, 0.5) is 0 Å². The van der Waals surface area contributed by atoms with Crippen LogP contribution in [-0.2, 0) is 0 Å². The van der Waals surface area contributed by atoms with Crippen molar-refractivity contribution in [2.45, 2.75) is 25.3 Å². The van der Waals surface area contributed by atoms with E-state index in [2.05, 4.69) is 11.1 Å². The number of carboxylic acid groups (broad SMARTS) is 1. The molecule has 1 saturated heterocycles. The summed E-state index contributed by atoms with van der Waals surface area (Å²) in [4.78, 5) is 29.1. The summed E-state index contributed by atoms with van der Waals surface area (Å²) >= 11 is 0. The predicted molar refractivity (Wildman–Crippen MR) is 91.6 cm³/mol. The van der Waals surface area contributed by atoms with Gasteiger partial charge in [-0.3, -0.25) is 4.79 Å². The summed E-state index contributed by atoms with van der Waals surface area (Å²) in [7, 11) is 0. The van der Waals surface area contributed by atoms with Crippen LogP contribution in [0.25, 0.3) is 10.9 Å². The molecule has 1 aromatic carbocycles. The van der Waals surface area contributed by atoms with Gasteiger partial charge in [0.1, 0.15) is 6.26 Å². The number of aromatic carboxylic acids is 1. The Morgan fingerprint density at radius 1 is 1.20 bits per heavy atom. The molecule has 2 N–H and O–H groups in total. The zero-order valence-electron chi connectivity index (χ0n) is 13.6. The van der Waals surface area contributed by atoms with Crippen molar-refractivity contribution in [1.82, 2.24) is 9.88 Å². The number of H-pyrrole nitrogens is 1. The van der Waals surface area contributed by atoms with Crippen LogP contribution >= 0.6 is 0 Å². The number of carboxylic acids is 1. The molecule has 0 saturated carbocycles. The number of likely N-dealkylation sites (tertiary alicyclic amines) is 1. The summed E-state index contributed by atoms with van der Waals surface area (Å²) in [6.45, 7) is 0.627. The summed E-state index contributed by atoms with van der Waals surface area (Å²) in [6, 6.07) is 11.3.